The summed E-state index contributed by atoms with van der Waals surface area (Å²) in [4.78, 5) is 0. The molecule has 0 radical (unpaired) electrons. The zero-order valence-corrected chi connectivity index (χ0v) is 10.9. The van der Waals surface area contributed by atoms with Crippen LogP contribution in [0.15, 0.2) is 24.3 Å². The second-order valence-electron chi connectivity index (χ2n) is 5.97. The van der Waals surface area contributed by atoms with Gasteiger partial charge in [0.15, 0.2) is 0 Å². The summed E-state index contributed by atoms with van der Waals surface area (Å²) in [6, 6.07) is 10.8. The molecular weight excluding hydrogens is 206 g/mol. The molecular formula is C16H21N. The monoisotopic (exact) mass is 227 g/mol. The average Bonchev–Trinajstić information content (AvgIpc) is 2.31. The van der Waals surface area contributed by atoms with Crippen molar-refractivity contribution in [2.45, 2.75) is 51.9 Å². The zero-order chi connectivity index (χ0) is 12.3. The topological polar surface area (TPSA) is 23.8 Å². The number of hydrogen-bond acceptors (Lipinski definition) is 1. The molecule has 1 heteroatoms. The van der Waals surface area contributed by atoms with Crippen LogP contribution in [0.4, 0.5) is 0 Å². The molecule has 0 atom stereocenters. The summed E-state index contributed by atoms with van der Waals surface area (Å²) in [6.45, 7) is 4.73. The molecule has 0 N–H and O–H groups in total. The van der Waals surface area contributed by atoms with E-state index in [0.717, 1.165) is 0 Å². The van der Waals surface area contributed by atoms with E-state index < -0.39 is 0 Å². The second kappa shape index (κ2) is 4.92. The molecule has 0 aromatic heterocycles. The van der Waals surface area contributed by atoms with E-state index in [1.807, 2.05) is 6.07 Å². The van der Waals surface area contributed by atoms with Crippen LogP contribution >= 0.6 is 0 Å². The zero-order valence-electron chi connectivity index (χ0n) is 10.9. The number of rotatable bonds is 2. The Labute approximate surface area is 104 Å². The van der Waals surface area contributed by atoms with Crippen molar-refractivity contribution in [3.63, 3.8) is 0 Å². The van der Waals surface area contributed by atoms with Gasteiger partial charge in [0.2, 0.25) is 0 Å². The van der Waals surface area contributed by atoms with Gasteiger partial charge in [0.1, 0.15) is 0 Å². The normalized spacial score (nSPS) is 19.8. The van der Waals surface area contributed by atoms with Crippen LogP contribution < -0.4 is 0 Å². The van der Waals surface area contributed by atoms with Crippen LogP contribution in [-0.4, -0.2) is 0 Å². The van der Waals surface area contributed by atoms with Crippen LogP contribution in [0.5, 0.6) is 0 Å². The van der Waals surface area contributed by atoms with E-state index in [0.29, 0.717) is 17.8 Å². The first kappa shape index (κ1) is 12.2. The van der Waals surface area contributed by atoms with E-state index >= 15 is 0 Å². The molecule has 1 aliphatic carbocycles. The van der Waals surface area contributed by atoms with Gasteiger partial charge in [-0.2, -0.15) is 5.26 Å². The van der Waals surface area contributed by atoms with Gasteiger partial charge in [-0.1, -0.05) is 38.1 Å². The fourth-order valence-electron chi connectivity index (χ4n) is 2.89. The van der Waals surface area contributed by atoms with Crippen molar-refractivity contribution in [2.24, 2.45) is 5.41 Å². The quantitative estimate of drug-likeness (QED) is 0.733. The summed E-state index contributed by atoms with van der Waals surface area (Å²) < 4.78 is 0. The molecule has 1 nitrogen and oxygen atoms in total. The van der Waals surface area contributed by atoms with E-state index in [-0.39, 0.29) is 0 Å². The van der Waals surface area contributed by atoms with E-state index in [1.165, 1.54) is 36.8 Å². The van der Waals surface area contributed by atoms with Gasteiger partial charge in [0, 0.05) is 0 Å². The highest BCUT2D eigenvalue weighted by Crippen LogP contribution is 2.43. The van der Waals surface area contributed by atoms with Crippen LogP contribution in [0.25, 0.3) is 0 Å². The van der Waals surface area contributed by atoms with E-state index in [4.69, 9.17) is 5.26 Å². The highest BCUT2D eigenvalue weighted by atomic mass is 14.3. The Morgan fingerprint density at radius 1 is 1.24 bits per heavy atom. The Hall–Kier alpha value is -1.29. The molecule has 90 valence electrons. The molecule has 0 saturated heterocycles. The Bertz CT molecular complexity index is 415. The molecule has 0 aliphatic heterocycles. The predicted molar refractivity (Wildman–Crippen MR) is 70.7 cm³/mol. The summed E-state index contributed by atoms with van der Waals surface area (Å²) in [6.07, 6.45) is 5.71. The fraction of sp³-hybridized carbons (Fsp3) is 0.562. The van der Waals surface area contributed by atoms with E-state index in [2.05, 4.69) is 38.1 Å². The Balaban J connectivity index is 2.16. The molecule has 1 fully saturated rings. The number of benzene rings is 1. The van der Waals surface area contributed by atoms with Crippen molar-refractivity contribution in [1.29, 1.82) is 5.26 Å². The number of nitriles is 1. The van der Waals surface area contributed by atoms with Gasteiger partial charge in [-0.05, 0) is 48.1 Å². The summed E-state index contributed by atoms with van der Waals surface area (Å²) in [5, 5.41) is 8.88. The number of nitrogens with zero attached hydrogens (tertiary/aromatic N) is 1. The molecule has 1 aromatic carbocycles. The van der Waals surface area contributed by atoms with Crippen LogP contribution in [0.3, 0.4) is 0 Å². The summed E-state index contributed by atoms with van der Waals surface area (Å²) in [5.41, 5.74) is 3.17. The molecule has 1 aliphatic rings. The Kier molecular flexibility index (Phi) is 3.52. The molecule has 0 amide bonds. The van der Waals surface area contributed by atoms with Crippen molar-refractivity contribution in [3.8, 4) is 6.07 Å². The Morgan fingerprint density at radius 3 is 2.53 bits per heavy atom. The standard InChI is InChI=1S/C16H21N/c1-16(2)10-7-14(8-11-16)15-6-4-3-5-13(15)9-12-17/h3-6,14H,7-11H2,1-2H3. The summed E-state index contributed by atoms with van der Waals surface area (Å²) in [7, 11) is 0. The molecule has 0 bridgehead atoms. The lowest BCUT2D eigenvalue weighted by Gasteiger charge is -2.35. The molecule has 1 saturated carbocycles. The minimum Gasteiger partial charge on any atom is -0.198 e. The van der Waals surface area contributed by atoms with Crippen molar-refractivity contribution in [2.75, 3.05) is 0 Å². The summed E-state index contributed by atoms with van der Waals surface area (Å²) in [5.74, 6) is 0.674. The largest absolute Gasteiger partial charge is 0.198 e. The van der Waals surface area contributed by atoms with Crippen LogP contribution in [0.2, 0.25) is 0 Å². The van der Waals surface area contributed by atoms with Crippen LogP contribution in [0, 0.1) is 16.7 Å². The molecule has 0 spiro atoms. The van der Waals surface area contributed by atoms with Crippen molar-refractivity contribution < 1.29 is 0 Å². The van der Waals surface area contributed by atoms with Crippen molar-refractivity contribution in [3.05, 3.63) is 35.4 Å². The van der Waals surface area contributed by atoms with Crippen LogP contribution in [0.1, 0.15) is 56.6 Å². The highest BCUT2D eigenvalue weighted by molar-refractivity contribution is 5.32. The van der Waals surface area contributed by atoms with Crippen LogP contribution in [-0.2, 0) is 6.42 Å². The predicted octanol–water partition coefficient (Wildman–Crippen LogP) is 4.44. The average molecular weight is 227 g/mol. The lowest BCUT2D eigenvalue weighted by molar-refractivity contribution is 0.224. The third kappa shape index (κ3) is 2.88. The molecule has 0 heterocycles. The smallest absolute Gasteiger partial charge is 0.0669 e. The van der Waals surface area contributed by atoms with Gasteiger partial charge in [0.05, 0.1) is 12.5 Å². The maximum absolute atomic E-state index is 8.88. The van der Waals surface area contributed by atoms with Gasteiger partial charge < -0.3 is 0 Å². The fourth-order valence-corrected chi connectivity index (χ4v) is 2.89. The first-order valence-corrected chi connectivity index (χ1v) is 6.57. The maximum atomic E-state index is 8.88. The minimum absolute atomic E-state index is 0.515. The van der Waals surface area contributed by atoms with Gasteiger partial charge in [0.25, 0.3) is 0 Å². The van der Waals surface area contributed by atoms with Gasteiger partial charge in [-0.3, -0.25) is 0 Å². The van der Waals surface area contributed by atoms with Gasteiger partial charge in [-0.25, -0.2) is 0 Å². The lowest BCUT2D eigenvalue weighted by Crippen LogP contribution is -2.20. The third-order valence-corrected chi connectivity index (χ3v) is 4.10. The summed E-state index contributed by atoms with van der Waals surface area (Å²) >= 11 is 0. The van der Waals surface area contributed by atoms with E-state index in [9.17, 15) is 0 Å². The second-order valence-corrected chi connectivity index (χ2v) is 5.97. The first-order chi connectivity index (χ1) is 8.12. The van der Waals surface area contributed by atoms with Crippen molar-refractivity contribution in [1.82, 2.24) is 0 Å². The molecule has 17 heavy (non-hydrogen) atoms. The third-order valence-electron chi connectivity index (χ3n) is 4.10. The first-order valence-electron chi connectivity index (χ1n) is 6.57. The lowest BCUT2D eigenvalue weighted by atomic mass is 9.70. The maximum Gasteiger partial charge on any atom is 0.0669 e. The minimum atomic E-state index is 0.515. The number of hydrogen-bond donors (Lipinski definition) is 0. The SMILES string of the molecule is CC1(C)CCC(c2ccccc2CC#N)CC1. The molecule has 0 unspecified atom stereocenters. The van der Waals surface area contributed by atoms with Gasteiger partial charge in [-0.15, -0.1) is 0 Å². The Morgan fingerprint density at radius 2 is 1.88 bits per heavy atom. The van der Waals surface area contributed by atoms with Crippen molar-refractivity contribution >= 4 is 0 Å². The molecule has 2 rings (SSSR count). The van der Waals surface area contributed by atoms with Gasteiger partial charge >= 0.3 is 0 Å². The molecule has 1 aromatic rings. The highest BCUT2D eigenvalue weighted by Gasteiger charge is 2.28. The van der Waals surface area contributed by atoms with E-state index in [1.54, 1.807) is 0 Å².